The average molecular weight is 303 g/mol. The SMILES string of the molecule is NNc1nc(N2CCC3CCCCC3C2)c2ccsc2n1. The van der Waals surface area contributed by atoms with Crippen molar-refractivity contribution >= 4 is 33.3 Å². The van der Waals surface area contributed by atoms with Gasteiger partial charge in [-0.2, -0.15) is 4.98 Å². The van der Waals surface area contributed by atoms with E-state index in [1.54, 1.807) is 11.3 Å². The van der Waals surface area contributed by atoms with Crippen LogP contribution in [0.25, 0.3) is 10.2 Å². The number of hydrogen-bond acceptors (Lipinski definition) is 6. The molecule has 2 aromatic heterocycles. The van der Waals surface area contributed by atoms with Crippen molar-refractivity contribution in [3.05, 3.63) is 11.4 Å². The third-order valence-corrected chi connectivity index (χ3v) is 5.83. The first-order valence-corrected chi connectivity index (χ1v) is 8.70. The van der Waals surface area contributed by atoms with E-state index in [2.05, 4.69) is 31.7 Å². The van der Waals surface area contributed by atoms with Crippen LogP contribution in [0.3, 0.4) is 0 Å². The van der Waals surface area contributed by atoms with Crippen LogP contribution in [-0.2, 0) is 0 Å². The Kier molecular flexibility index (Phi) is 3.43. The van der Waals surface area contributed by atoms with Crippen LogP contribution in [-0.4, -0.2) is 23.1 Å². The molecule has 0 bridgehead atoms. The Morgan fingerprint density at radius 2 is 2.05 bits per heavy atom. The van der Waals surface area contributed by atoms with E-state index in [0.29, 0.717) is 5.95 Å². The van der Waals surface area contributed by atoms with Crippen LogP contribution in [0.15, 0.2) is 11.4 Å². The average Bonchev–Trinajstić information content (AvgIpc) is 3.01. The van der Waals surface area contributed by atoms with Crippen molar-refractivity contribution in [2.75, 3.05) is 23.4 Å². The Hall–Kier alpha value is -1.40. The summed E-state index contributed by atoms with van der Waals surface area (Å²) < 4.78 is 0. The van der Waals surface area contributed by atoms with E-state index in [0.717, 1.165) is 41.0 Å². The second-order valence-corrected chi connectivity index (χ2v) is 7.09. The lowest BCUT2D eigenvalue weighted by molar-refractivity contribution is 0.202. The molecule has 2 fully saturated rings. The first-order chi connectivity index (χ1) is 10.3. The molecule has 112 valence electrons. The molecule has 2 atom stereocenters. The molecule has 1 aliphatic heterocycles. The highest BCUT2D eigenvalue weighted by Gasteiger charge is 2.32. The second kappa shape index (κ2) is 5.42. The van der Waals surface area contributed by atoms with Gasteiger partial charge in [0.05, 0.1) is 5.39 Å². The minimum atomic E-state index is 0.519. The molecule has 0 aromatic carbocycles. The van der Waals surface area contributed by atoms with E-state index in [9.17, 15) is 0 Å². The Balaban J connectivity index is 1.67. The Labute approximate surface area is 128 Å². The molecule has 3 N–H and O–H groups in total. The highest BCUT2D eigenvalue weighted by molar-refractivity contribution is 7.16. The predicted octanol–water partition coefficient (Wildman–Crippen LogP) is 2.99. The van der Waals surface area contributed by atoms with Gasteiger partial charge in [0.2, 0.25) is 5.95 Å². The largest absolute Gasteiger partial charge is 0.356 e. The second-order valence-electron chi connectivity index (χ2n) is 6.19. The van der Waals surface area contributed by atoms with E-state index in [1.165, 1.54) is 32.1 Å². The van der Waals surface area contributed by atoms with Crippen LogP contribution in [0.5, 0.6) is 0 Å². The van der Waals surface area contributed by atoms with Gasteiger partial charge in [0.25, 0.3) is 0 Å². The normalized spacial score (nSPS) is 25.9. The molecule has 2 unspecified atom stereocenters. The van der Waals surface area contributed by atoms with Crippen molar-refractivity contribution in [1.29, 1.82) is 0 Å². The number of nitrogens with one attached hydrogen (secondary N) is 1. The van der Waals surface area contributed by atoms with Gasteiger partial charge in [-0.25, -0.2) is 10.8 Å². The number of rotatable bonds is 2. The topological polar surface area (TPSA) is 67.1 Å². The molecule has 0 radical (unpaired) electrons. The molecular weight excluding hydrogens is 282 g/mol. The van der Waals surface area contributed by atoms with Crippen molar-refractivity contribution in [2.45, 2.75) is 32.1 Å². The summed E-state index contributed by atoms with van der Waals surface area (Å²) in [5.74, 6) is 8.87. The van der Waals surface area contributed by atoms with Crippen LogP contribution in [0, 0.1) is 11.8 Å². The molecule has 3 heterocycles. The van der Waals surface area contributed by atoms with E-state index in [-0.39, 0.29) is 0 Å². The molecule has 5 nitrogen and oxygen atoms in total. The molecule has 1 aliphatic carbocycles. The van der Waals surface area contributed by atoms with Gasteiger partial charge < -0.3 is 4.90 Å². The first kappa shape index (κ1) is 13.3. The maximum absolute atomic E-state index is 5.53. The van der Waals surface area contributed by atoms with Crippen molar-refractivity contribution in [3.63, 3.8) is 0 Å². The van der Waals surface area contributed by atoms with Gasteiger partial charge in [-0.1, -0.05) is 19.3 Å². The van der Waals surface area contributed by atoms with Crippen molar-refractivity contribution < 1.29 is 0 Å². The summed E-state index contributed by atoms with van der Waals surface area (Å²) in [6, 6.07) is 2.13. The molecule has 6 heteroatoms. The standard InChI is InChI=1S/C15H21N5S/c16-19-15-17-13(12-6-8-21-14(12)18-15)20-7-5-10-3-1-2-4-11(10)9-20/h6,8,10-11H,1-5,7,9,16H2,(H,17,18,19). The third-order valence-electron chi connectivity index (χ3n) is 5.02. The maximum Gasteiger partial charge on any atom is 0.240 e. The molecular formula is C15H21N5S. The molecule has 1 saturated carbocycles. The van der Waals surface area contributed by atoms with E-state index in [1.807, 2.05) is 0 Å². The third kappa shape index (κ3) is 2.36. The number of nitrogens with zero attached hydrogens (tertiary/aromatic N) is 3. The highest BCUT2D eigenvalue weighted by Crippen LogP contribution is 2.39. The minimum Gasteiger partial charge on any atom is -0.356 e. The summed E-state index contributed by atoms with van der Waals surface area (Å²) >= 11 is 1.64. The zero-order chi connectivity index (χ0) is 14.2. The number of hydrogen-bond donors (Lipinski definition) is 2. The number of anilines is 2. The molecule has 2 aliphatic rings. The van der Waals surface area contributed by atoms with Gasteiger partial charge >= 0.3 is 0 Å². The lowest BCUT2D eigenvalue weighted by atomic mass is 9.75. The van der Waals surface area contributed by atoms with E-state index in [4.69, 9.17) is 5.84 Å². The van der Waals surface area contributed by atoms with Gasteiger partial charge in [0, 0.05) is 13.1 Å². The molecule has 0 spiro atoms. The summed E-state index contributed by atoms with van der Waals surface area (Å²) in [4.78, 5) is 12.5. The number of nitrogens with two attached hydrogens (primary N) is 1. The number of piperidine rings is 1. The van der Waals surface area contributed by atoms with E-state index >= 15 is 0 Å². The predicted molar refractivity (Wildman–Crippen MR) is 87.5 cm³/mol. The quantitative estimate of drug-likeness (QED) is 0.659. The van der Waals surface area contributed by atoms with Crippen LogP contribution >= 0.6 is 11.3 Å². The Morgan fingerprint density at radius 3 is 2.90 bits per heavy atom. The van der Waals surface area contributed by atoms with Crippen LogP contribution in [0.4, 0.5) is 11.8 Å². The monoisotopic (exact) mass is 303 g/mol. The van der Waals surface area contributed by atoms with Crippen molar-refractivity contribution in [1.82, 2.24) is 9.97 Å². The smallest absolute Gasteiger partial charge is 0.240 e. The van der Waals surface area contributed by atoms with Gasteiger partial charge in [-0.15, -0.1) is 11.3 Å². The first-order valence-electron chi connectivity index (χ1n) is 7.82. The van der Waals surface area contributed by atoms with Crippen LogP contribution in [0.1, 0.15) is 32.1 Å². The number of thiophene rings is 1. The van der Waals surface area contributed by atoms with Gasteiger partial charge in [-0.05, 0) is 36.1 Å². The number of nitrogen functional groups attached to an aromatic ring is 1. The molecule has 0 amide bonds. The van der Waals surface area contributed by atoms with Crippen molar-refractivity contribution in [3.8, 4) is 0 Å². The summed E-state index contributed by atoms with van der Waals surface area (Å²) in [5.41, 5.74) is 2.60. The van der Waals surface area contributed by atoms with Crippen LogP contribution < -0.4 is 16.2 Å². The molecule has 1 saturated heterocycles. The maximum atomic E-state index is 5.53. The van der Waals surface area contributed by atoms with E-state index < -0.39 is 0 Å². The number of fused-ring (bicyclic) bond motifs is 2. The molecule has 4 rings (SSSR count). The summed E-state index contributed by atoms with van der Waals surface area (Å²) in [6.45, 7) is 2.24. The molecule has 21 heavy (non-hydrogen) atoms. The lowest BCUT2D eigenvalue weighted by Crippen LogP contribution is -2.42. The summed E-state index contributed by atoms with van der Waals surface area (Å²) in [6.07, 6.45) is 6.91. The Morgan fingerprint density at radius 1 is 1.19 bits per heavy atom. The fourth-order valence-electron chi connectivity index (χ4n) is 3.94. The number of hydrazine groups is 1. The van der Waals surface area contributed by atoms with Crippen LogP contribution in [0.2, 0.25) is 0 Å². The molecule has 2 aromatic rings. The zero-order valence-electron chi connectivity index (χ0n) is 12.1. The fourth-order valence-corrected chi connectivity index (χ4v) is 4.70. The lowest BCUT2D eigenvalue weighted by Gasteiger charge is -2.42. The Bertz CT molecular complexity index is 640. The van der Waals surface area contributed by atoms with Crippen molar-refractivity contribution in [2.24, 2.45) is 17.7 Å². The van der Waals surface area contributed by atoms with Gasteiger partial charge in [0.15, 0.2) is 0 Å². The summed E-state index contributed by atoms with van der Waals surface area (Å²) in [7, 11) is 0. The fraction of sp³-hybridized carbons (Fsp3) is 0.600. The van der Waals surface area contributed by atoms with Gasteiger partial charge in [-0.3, -0.25) is 5.43 Å². The minimum absolute atomic E-state index is 0.519. The highest BCUT2D eigenvalue weighted by atomic mass is 32.1. The number of aromatic nitrogens is 2. The van der Waals surface area contributed by atoms with Gasteiger partial charge in [0.1, 0.15) is 10.6 Å². The zero-order valence-corrected chi connectivity index (χ0v) is 12.9. The summed E-state index contributed by atoms with van der Waals surface area (Å²) in [5, 5.41) is 3.24.